The maximum atomic E-state index is 11.8. The van der Waals surface area contributed by atoms with Gasteiger partial charge < -0.3 is 24.4 Å². The lowest BCUT2D eigenvalue weighted by atomic mass is 9.85. The SMILES string of the molecule is CC(=O)OCC=CC1(C(C)C)O[C@@H](C(=O)O)[C@@](C(=O)O)(C(C)C)O1. The molecule has 0 radical (unpaired) electrons. The van der Waals surface area contributed by atoms with Gasteiger partial charge in [0.1, 0.15) is 6.61 Å². The highest BCUT2D eigenvalue weighted by Gasteiger charge is 2.66. The van der Waals surface area contributed by atoms with Crippen molar-refractivity contribution >= 4 is 17.9 Å². The van der Waals surface area contributed by atoms with Gasteiger partial charge in [-0.2, -0.15) is 0 Å². The van der Waals surface area contributed by atoms with Crippen LogP contribution < -0.4 is 0 Å². The molecule has 136 valence electrons. The zero-order valence-corrected chi connectivity index (χ0v) is 14.4. The maximum Gasteiger partial charge on any atom is 0.339 e. The first-order chi connectivity index (χ1) is 11.0. The van der Waals surface area contributed by atoms with Gasteiger partial charge in [0.15, 0.2) is 11.9 Å². The second-order valence-corrected chi connectivity index (χ2v) is 6.27. The Morgan fingerprint density at radius 3 is 2.08 bits per heavy atom. The number of rotatable bonds is 7. The number of hydrogen-bond donors (Lipinski definition) is 2. The van der Waals surface area contributed by atoms with Crippen LogP contribution in [0.1, 0.15) is 34.6 Å². The Labute approximate surface area is 140 Å². The van der Waals surface area contributed by atoms with Gasteiger partial charge in [-0.3, -0.25) is 4.79 Å². The first-order valence-electron chi connectivity index (χ1n) is 7.64. The molecule has 0 aromatic carbocycles. The summed E-state index contributed by atoms with van der Waals surface area (Å²) in [7, 11) is 0. The van der Waals surface area contributed by atoms with Gasteiger partial charge in [-0.1, -0.05) is 27.7 Å². The normalized spacial score (nSPS) is 30.2. The highest BCUT2D eigenvalue weighted by atomic mass is 16.8. The van der Waals surface area contributed by atoms with Crippen molar-refractivity contribution in [2.75, 3.05) is 6.61 Å². The zero-order valence-electron chi connectivity index (χ0n) is 14.4. The molecule has 0 bridgehead atoms. The minimum atomic E-state index is -2.03. The fourth-order valence-electron chi connectivity index (χ4n) is 2.57. The monoisotopic (exact) mass is 344 g/mol. The van der Waals surface area contributed by atoms with Crippen molar-refractivity contribution in [3.63, 3.8) is 0 Å². The van der Waals surface area contributed by atoms with E-state index in [4.69, 9.17) is 14.2 Å². The molecule has 1 saturated heterocycles. The van der Waals surface area contributed by atoms with Crippen LogP contribution in [0.15, 0.2) is 12.2 Å². The third-order valence-corrected chi connectivity index (χ3v) is 3.97. The summed E-state index contributed by atoms with van der Waals surface area (Å²) in [5.74, 6) is -5.88. The van der Waals surface area contributed by atoms with E-state index in [1.165, 1.54) is 19.1 Å². The van der Waals surface area contributed by atoms with Gasteiger partial charge in [0, 0.05) is 12.8 Å². The molecule has 8 heteroatoms. The number of carboxylic acid groups (broad SMARTS) is 2. The van der Waals surface area contributed by atoms with E-state index in [1.807, 2.05) is 0 Å². The minimum Gasteiger partial charge on any atom is -0.479 e. The van der Waals surface area contributed by atoms with Crippen molar-refractivity contribution in [1.29, 1.82) is 0 Å². The van der Waals surface area contributed by atoms with Crippen LogP contribution in [0, 0.1) is 11.8 Å². The summed E-state index contributed by atoms with van der Waals surface area (Å²) in [4.78, 5) is 34.2. The van der Waals surface area contributed by atoms with E-state index in [1.54, 1.807) is 27.7 Å². The first-order valence-corrected chi connectivity index (χ1v) is 7.64. The van der Waals surface area contributed by atoms with E-state index in [2.05, 4.69) is 0 Å². The van der Waals surface area contributed by atoms with Gasteiger partial charge >= 0.3 is 17.9 Å². The molecule has 24 heavy (non-hydrogen) atoms. The van der Waals surface area contributed by atoms with E-state index < -0.39 is 41.3 Å². The molecule has 1 rings (SSSR count). The molecule has 1 fully saturated rings. The van der Waals surface area contributed by atoms with Crippen LogP contribution in [0.3, 0.4) is 0 Å². The summed E-state index contributed by atoms with van der Waals surface area (Å²) in [6.07, 6.45) is 1.18. The van der Waals surface area contributed by atoms with Gasteiger partial charge in [-0.05, 0) is 18.1 Å². The van der Waals surface area contributed by atoms with Crippen molar-refractivity contribution < 1.29 is 38.8 Å². The number of esters is 1. The van der Waals surface area contributed by atoms with Gasteiger partial charge in [0.2, 0.25) is 5.60 Å². The van der Waals surface area contributed by atoms with Gasteiger partial charge in [0.25, 0.3) is 0 Å². The molecule has 1 heterocycles. The fourth-order valence-corrected chi connectivity index (χ4v) is 2.57. The topological polar surface area (TPSA) is 119 Å². The molecular weight excluding hydrogens is 320 g/mol. The summed E-state index contributed by atoms with van der Waals surface area (Å²) in [5.41, 5.74) is -2.03. The number of hydrogen-bond acceptors (Lipinski definition) is 6. The van der Waals surface area contributed by atoms with Gasteiger partial charge in [-0.25, -0.2) is 9.59 Å². The van der Waals surface area contributed by atoms with Crippen LogP contribution in [0.4, 0.5) is 0 Å². The molecule has 0 amide bonds. The molecule has 2 N–H and O–H groups in total. The smallest absolute Gasteiger partial charge is 0.339 e. The predicted octanol–water partition coefficient (Wildman–Crippen LogP) is 1.44. The Kier molecular flexibility index (Phi) is 6.13. The van der Waals surface area contributed by atoms with Crippen molar-refractivity contribution in [1.82, 2.24) is 0 Å². The lowest BCUT2D eigenvalue weighted by Gasteiger charge is -2.33. The first kappa shape index (κ1) is 20.1. The van der Waals surface area contributed by atoms with E-state index in [0.29, 0.717) is 0 Å². The van der Waals surface area contributed by atoms with E-state index >= 15 is 0 Å². The Balaban J connectivity index is 3.27. The van der Waals surface area contributed by atoms with E-state index in [-0.39, 0.29) is 12.5 Å². The number of ether oxygens (including phenoxy) is 3. The van der Waals surface area contributed by atoms with Crippen LogP contribution in [0.2, 0.25) is 0 Å². The van der Waals surface area contributed by atoms with Crippen LogP contribution in [0.5, 0.6) is 0 Å². The Morgan fingerprint density at radius 1 is 1.17 bits per heavy atom. The molecule has 3 atom stereocenters. The molecule has 0 saturated carbocycles. The standard InChI is InChI=1S/C16H24O8/c1-9(2)15(7-6-8-22-11(5)17)23-12(13(18)19)16(24-15,10(3)4)14(20)21/h6-7,9-10,12H,8H2,1-5H3,(H,18,19)(H,20,21)/t12-,15?,16+/m0/s1. The van der Waals surface area contributed by atoms with E-state index in [9.17, 15) is 24.6 Å². The highest BCUT2D eigenvalue weighted by Crippen LogP contribution is 2.46. The van der Waals surface area contributed by atoms with Crippen molar-refractivity contribution in [3.05, 3.63) is 12.2 Å². The minimum absolute atomic E-state index is 0.0595. The van der Waals surface area contributed by atoms with Crippen LogP contribution in [-0.2, 0) is 28.6 Å². The quantitative estimate of drug-likeness (QED) is 0.526. The maximum absolute atomic E-state index is 11.8. The third-order valence-electron chi connectivity index (χ3n) is 3.97. The average Bonchev–Trinajstić information content (AvgIpc) is 2.82. The molecule has 1 aliphatic rings. The lowest BCUT2D eigenvalue weighted by Crippen LogP contribution is -2.55. The number of aliphatic carboxylic acids is 2. The lowest BCUT2D eigenvalue weighted by molar-refractivity contribution is -0.202. The second kappa shape index (κ2) is 7.31. The van der Waals surface area contributed by atoms with Gasteiger partial charge in [-0.15, -0.1) is 0 Å². The summed E-state index contributed by atoms with van der Waals surface area (Å²) in [6.45, 7) is 7.75. The van der Waals surface area contributed by atoms with E-state index in [0.717, 1.165) is 0 Å². The highest BCUT2D eigenvalue weighted by molar-refractivity contribution is 5.88. The molecule has 0 spiro atoms. The number of carbonyl (C=O) groups excluding carboxylic acids is 1. The largest absolute Gasteiger partial charge is 0.479 e. The van der Waals surface area contributed by atoms with Crippen LogP contribution in [-0.4, -0.2) is 52.2 Å². The molecule has 1 unspecified atom stereocenters. The number of carbonyl (C=O) groups is 3. The molecular formula is C16H24O8. The summed E-state index contributed by atoms with van der Waals surface area (Å²) in [5, 5.41) is 19.1. The Morgan fingerprint density at radius 2 is 1.75 bits per heavy atom. The van der Waals surface area contributed by atoms with Crippen molar-refractivity contribution in [2.24, 2.45) is 11.8 Å². The molecule has 0 aromatic rings. The zero-order chi connectivity index (χ0) is 18.7. The summed E-state index contributed by atoms with van der Waals surface area (Å²) in [6, 6.07) is 0. The van der Waals surface area contributed by atoms with Crippen LogP contribution >= 0.6 is 0 Å². The molecule has 0 aromatic heterocycles. The number of carboxylic acids is 2. The average molecular weight is 344 g/mol. The Hall–Kier alpha value is -1.93. The fraction of sp³-hybridized carbons (Fsp3) is 0.688. The van der Waals surface area contributed by atoms with Crippen molar-refractivity contribution in [3.8, 4) is 0 Å². The summed E-state index contributed by atoms with van der Waals surface area (Å²) < 4.78 is 16.1. The van der Waals surface area contributed by atoms with Crippen LogP contribution in [0.25, 0.3) is 0 Å². The molecule has 1 aliphatic heterocycles. The molecule has 0 aliphatic carbocycles. The van der Waals surface area contributed by atoms with Gasteiger partial charge in [0.05, 0.1) is 0 Å². The predicted molar refractivity (Wildman–Crippen MR) is 82.1 cm³/mol. The third kappa shape index (κ3) is 3.59. The summed E-state index contributed by atoms with van der Waals surface area (Å²) >= 11 is 0. The Bertz CT molecular complexity index is 538. The second-order valence-electron chi connectivity index (χ2n) is 6.27. The molecule has 8 nitrogen and oxygen atoms in total. The van der Waals surface area contributed by atoms with Crippen molar-refractivity contribution in [2.45, 2.75) is 52.1 Å².